The van der Waals surface area contributed by atoms with Gasteiger partial charge in [-0.15, -0.1) is 0 Å². The van der Waals surface area contributed by atoms with Crippen LogP contribution in [-0.4, -0.2) is 112 Å². The Hall–Kier alpha value is -4.75. The third kappa shape index (κ3) is 8.11. The number of carbonyl (C=O) groups is 1. The fourth-order valence-electron chi connectivity index (χ4n) is 6.83. The molecule has 0 spiro atoms. The van der Waals surface area contributed by atoms with Crippen molar-refractivity contribution >= 4 is 5.91 Å². The standard InChI is InChI=1S/C36H41F2N7O4/c1-24(2)49-34-28(33(47-3)41-36(42-34)48-23-31(37)38)21-43-19-27-20-44(35(46)29-18-39-14-15-40-29)16-17-45(27)30(22-43)32(25-10-6-4-7-11-25)26-12-8-5-9-13-26/h4-15,18,24,27,30-32H,16-17,19-23H2,1-3H3/t27-,30?/m1/s1. The molecule has 49 heavy (non-hydrogen) atoms. The molecule has 2 aromatic carbocycles. The van der Waals surface area contributed by atoms with E-state index in [0.717, 1.165) is 0 Å². The second-order valence-corrected chi connectivity index (χ2v) is 12.5. The van der Waals surface area contributed by atoms with Crippen LogP contribution >= 0.6 is 0 Å². The second-order valence-electron chi connectivity index (χ2n) is 12.5. The molecule has 0 N–H and O–H groups in total. The molecule has 1 unspecified atom stereocenters. The van der Waals surface area contributed by atoms with Gasteiger partial charge in [0, 0.05) is 69.7 Å². The van der Waals surface area contributed by atoms with Gasteiger partial charge in [0.1, 0.15) is 5.69 Å². The molecule has 2 aliphatic heterocycles. The number of nitrogens with zero attached hydrogens (tertiary/aromatic N) is 7. The number of hydrogen-bond acceptors (Lipinski definition) is 10. The third-order valence-electron chi connectivity index (χ3n) is 8.81. The number of ether oxygens (including phenoxy) is 3. The van der Waals surface area contributed by atoms with Crippen LogP contribution in [0.2, 0.25) is 0 Å². The van der Waals surface area contributed by atoms with Crippen LogP contribution in [0.25, 0.3) is 0 Å². The Kier molecular flexibility index (Phi) is 10.9. The van der Waals surface area contributed by atoms with Crippen molar-refractivity contribution in [1.29, 1.82) is 0 Å². The van der Waals surface area contributed by atoms with Gasteiger partial charge in [-0.1, -0.05) is 60.7 Å². The molecule has 1 amide bonds. The first-order valence-corrected chi connectivity index (χ1v) is 16.5. The summed E-state index contributed by atoms with van der Waals surface area (Å²) in [6, 6.07) is 20.8. The van der Waals surface area contributed by atoms with Crippen molar-refractivity contribution < 1.29 is 27.8 Å². The summed E-state index contributed by atoms with van der Waals surface area (Å²) in [5.74, 6) is 0.297. The number of halogens is 2. The highest BCUT2D eigenvalue weighted by atomic mass is 19.3. The minimum absolute atomic E-state index is 0.0157. The Morgan fingerprint density at radius 1 is 0.918 bits per heavy atom. The number of aromatic nitrogens is 4. The first-order chi connectivity index (χ1) is 23.8. The number of fused-ring (bicyclic) bond motifs is 1. The molecule has 2 saturated heterocycles. The van der Waals surface area contributed by atoms with Crippen LogP contribution in [0.3, 0.4) is 0 Å². The fraction of sp³-hybridized carbons (Fsp3) is 0.417. The molecule has 258 valence electrons. The van der Waals surface area contributed by atoms with Crippen LogP contribution in [0.1, 0.15) is 46.9 Å². The molecule has 4 aromatic rings. The Morgan fingerprint density at radius 2 is 1.61 bits per heavy atom. The number of piperazine rings is 2. The van der Waals surface area contributed by atoms with Gasteiger partial charge in [-0.25, -0.2) is 13.8 Å². The molecule has 2 atom stereocenters. The summed E-state index contributed by atoms with van der Waals surface area (Å²) in [6.45, 7) is 6.30. The molecule has 2 aliphatic rings. The molecule has 2 aromatic heterocycles. The zero-order valence-corrected chi connectivity index (χ0v) is 27.9. The summed E-state index contributed by atoms with van der Waals surface area (Å²) in [5.41, 5.74) is 3.30. The molecule has 0 aliphatic carbocycles. The highest BCUT2D eigenvalue weighted by molar-refractivity contribution is 5.92. The van der Waals surface area contributed by atoms with Crippen LogP contribution in [-0.2, 0) is 6.54 Å². The maximum atomic E-state index is 13.5. The minimum Gasteiger partial charge on any atom is -0.481 e. The first-order valence-electron chi connectivity index (χ1n) is 16.5. The Morgan fingerprint density at radius 3 is 2.22 bits per heavy atom. The van der Waals surface area contributed by atoms with E-state index in [0.29, 0.717) is 50.5 Å². The lowest BCUT2D eigenvalue weighted by Crippen LogP contribution is -2.67. The normalized spacial score (nSPS) is 18.5. The van der Waals surface area contributed by atoms with Crippen molar-refractivity contribution in [3.63, 3.8) is 0 Å². The van der Waals surface area contributed by atoms with Gasteiger partial charge in [-0.3, -0.25) is 19.6 Å². The number of amides is 1. The highest BCUT2D eigenvalue weighted by Gasteiger charge is 2.43. The zero-order chi connectivity index (χ0) is 34.3. The molecule has 0 bridgehead atoms. The van der Waals surface area contributed by atoms with E-state index in [2.05, 4.69) is 78.3 Å². The van der Waals surface area contributed by atoms with E-state index in [9.17, 15) is 13.6 Å². The summed E-state index contributed by atoms with van der Waals surface area (Å²) >= 11 is 0. The monoisotopic (exact) mass is 673 g/mol. The fourth-order valence-corrected chi connectivity index (χ4v) is 6.83. The summed E-state index contributed by atoms with van der Waals surface area (Å²) < 4.78 is 42.9. The largest absolute Gasteiger partial charge is 0.481 e. The van der Waals surface area contributed by atoms with Crippen molar-refractivity contribution in [2.24, 2.45) is 0 Å². The van der Waals surface area contributed by atoms with Gasteiger partial charge in [0.15, 0.2) is 6.61 Å². The lowest BCUT2D eigenvalue weighted by atomic mass is 9.81. The third-order valence-corrected chi connectivity index (χ3v) is 8.81. The molecule has 2 fully saturated rings. The molecule has 11 nitrogen and oxygen atoms in total. The number of methoxy groups -OCH3 is 1. The van der Waals surface area contributed by atoms with E-state index < -0.39 is 13.0 Å². The van der Waals surface area contributed by atoms with E-state index >= 15 is 0 Å². The van der Waals surface area contributed by atoms with Crippen molar-refractivity contribution in [3.8, 4) is 17.8 Å². The van der Waals surface area contributed by atoms with Gasteiger partial charge in [-0.05, 0) is 25.0 Å². The van der Waals surface area contributed by atoms with Gasteiger partial charge in [0.25, 0.3) is 12.3 Å². The van der Waals surface area contributed by atoms with Gasteiger partial charge < -0.3 is 19.1 Å². The van der Waals surface area contributed by atoms with E-state index in [1.54, 1.807) is 6.20 Å². The van der Waals surface area contributed by atoms with Crippen LogP contribution < -0.4 is 14.2 Å². The summed E-state index contributed by atoms with van der Waals surface area (Å²) in [6.07, 6.45) is 1.64. The van der Waals surface area contributed by atoms with Crippen molar-refractivity contribution in [2.45, 2.75) is 50.9 Å². The maximum absolute atomic E-state index is 13.5. The zero-order valence-electron chi connectivity index (χ0n) is 27.9. The predicted molar refractivity (Wildman–Crippen MR) is 178 cm³/mol. The Labute approximate surface area is 284 Å². The van der Waals surface area contributed by atoms with Crippen molar-refractivity contribution in [3.05, 3.63) is 102 Å². The van der Waals surface area contributed by atoms with E-state index in [1.165, 1.54) is 30.6 Å². The smallest absolute Gasteiger partial charge is 0.323 e. The van der Waals surface area contributed by atoms with Crippen molar-refractivity contribution in [2.75, 3.05) is 46.4 Å². The molecular weight excluding hydrogens is 632 g/mol. The molecular formula is C36H41F2N7O4. The predicted octanol–water partition coefficient (Wildman–Crippen LogP) is 4.55. The van der Waals surface area contributed by atoms with Gasteiger partial charge >= 0.3 is 6.01 Å². The van der Waals surface area contributed by atoms with Gasteiger partial charge in [0.2, 0.25) is 11.8 Å². The maximum Gasteiger partial charge on any atom is 0.323 e. The highest BCUT2D eigenvalue weighted by Crippen LogP contribution is 2.38. The SMILES string of the molecule is COc1nc(OCC(F)F)nc(OC(C)C)c1CN1CC(C(c2ccccc2)c2ccccc2)N2CCN(C(=O)c3cnccn3)C[C@H]2C1. The number of carbonyl (C=O) groups excluding carboxylic acids is 1. The Balaban J connectivity index is 1.37. The van der Waals surface area contributed by atoms with Crippen LogP contribution in [0, 0.1) is 0 Å². The molecule has 4 heterocycles. The molecule has 13 heteroatoms. The lowest BCUT2D eigenvalue weighted by molar-refractivity contribution is -0.0294. The van der Waals surface area contributed by atoms with Crippen LogP contribution in [0.4, 0.5) is 8.78 Å². The first kappa shape index (κ1) is 34.1. The van der Waals surface area contributed by atoms with Crippen LogP contribution in [0.15, 0.2) is 79.3 Å². The molecule has 0 radical (unpaired) electrons. The number of alkyl halides is 2. The number of hydrogen-bond donors (Lipinski definition) is 0. The van der Waals surface area contributed by atoms with Gasteiger partial charge in [0.05, 0.1) is 25.0 Å². The summed E-state index contributed by atoms with van der Waals surface area (Å²) in [4.78, 5) is 37.3. The van der Waals surface area contributed by atoms with E-state index in [-0.39, 0.29) is 47.8 Å². The number of benzene rings is 2. The topological polar surface area (TPSA) is 106 Å². The number of rotatable bonds is 12. The minimum atomic E-state index is -2.69. The average molecular weight is 674 g/mol. The van der Waals surface area contributed by atoms with Gasteiger partial charge in [-0.2, -0.15) is 9.97 Å². The Bertz CT molecular complexity index is 1630. The van der Waals surface area contributed by atoms with Crippen molar-refractivity contribution in [1.82, 2.24) is 34.6 Å². The summed E-state index contributed by atoms with van der Waals surface area (Å²) in [7, 11) is 1.47. The molecule has 6 rings (SSSR count). The quantitative estimate of drug-likeness (QED) is 0.213. The second kappa shape index (κ2) is 15.6. The molecule has 0 saturated carbocycles. The van der Waals surface area contributed by atoms with Crippen LogP contribution in [0.5, 0.6) is 17.8 Å². The average Bonchev–Trinajstić information content (AvgIpc) is 3.12. The van der Waals surface area contributed by atoms with E-state index in [4.69, 9.17) is 14.2 Å². The van der Waals surface area contributed by atoms with E-state index in [1.807, 2.05) is 30.9 Å². The lowest BCUT2D eigenvalue weighted by Gasteiger charge is -2.53. The summed E-state index contributed by atoms with van der Waals surface area (Å²) in [5, 5.41) is 0.